The van der Waals surface area contributed by atoms with Crippen molar-refractivity contribution in [2.75, 3.05) is 11.9 Å². The van der Waals surface area contributed by atoms with Gasteiger partial charge in [0, 0.05) is 23.6 Å². The van der Waals surface area contributed by atoms with Gasteiger partial charge in [-0.15, -0.1) is 11.3 Å². The Hall–Kier alpha value is -5.22. The Balaban J connectivity index is 1.47. The number of hydrogen-bond donors (Lipinski definition) is 3. The Morgan fingerprint density at radius 1 is 0.836 bits per heavy atom. The smallest absolute Gasteiger partial charge is 0.412 e. The second-order valence-corrected chi connectivity index (χ2v) is 19.9. The SMILES string of the molecule is CC(=O)OC[C@H](NC(=O)c1csc(-c2ccc(NC(=O)OC(C)(C)C)cc2)n1)C(=O)OC(=O)[C@@H](N)[C@H](C)O[Si](c1ccccc1)(c1ccccc1)C(C)(C)C. The van der Waals surface area contributed by atoms with Gasteiger partial charge >= 0.3 is 24.0 Å². The summed E-state index contributed by atoms with van der Waals surface area (Å²) in [7, 11) is -3.12. The number of anilines is 1. The fourth-order valence-corrected chi connectivity index (χ4v) is 11.2. The molecule has 2 amide bonds. The van der Waals surface area contributed by atoms with Gasteiger partial charge in [0.2, 0.25) is 0 Å². The monoisotopic (exact) mass is 788 g/mol. The molecule has 0 aliphatic heterocycles. The van der Waals surface area contributed by atoms with Crippen LogP contribution in [0.4, 0.5) is 10.5 Å². The Morgan fingerprint density at radius 3 is 1.91 bits per heavy atom. The molecule has 13 nitrogen and oxygen atoms in total. The molecule has 4 aromatic rings. The number of benzene rings is 3. The molecule has 1 heterocycles. The number of esters is 3. The number of thiazole rings is 1. The number of ether oxygens (including phenoxy) is 3. The van der Waals surface area contributed by atoms with E-state index in [1.54, 1.807) is 52.0 Å². The van der Waals surface area contributed by atoms with Crippen molar-refractivity contribution in [2.24, 2.45) is 5.73 Å². The molecule has 292 valence electrons. The molecule has 4 rings (SSSR count). The van der Waals surface area contributed by atoms with Crippen molar-refractivity contribution in [1.29, 1.82) is 0 Å². The van der Waals surface area contributed by atoms with E-state index in [2.05, 4.69) is 36.4 Å². The lowest BCUT2D eigenvalue weighted by molar-refractivity contribution is -0.164. The molecule has 0 aliphatic carbocycles. The highest BCUT2D eigenvalue weighted by Gasteiger charge is 2.52. The minimum absolute atomic E-state index is 0.0352. The van der Waals surface area contributed by atoms with Crippen molar-refractivity contribution in [1.82, 2.24) is 10.3 Å². The van der Waals surface area contributed by atoms with Gasteiger partial charge in [-0.05, 0) is 67.4 Å². The van der Waals surface area contributed by atoms with Crippen LogP contribution >= 0.6 is 11.3 Å². The third-order valence-electron chi connectivity index (χ3n) is 8.32. The van der Waals surface area contributed by atoms with Crippen LogP contribution in [0.1, 0.15) is 65.9 Å². The largest absolute Gasteiger partial charge is 0.463 e. The Bertz CT molecular complexity index is 1920. The predicted molar refractivity (Wildman–Crippen MR) is 213 cm³/mol. The summed E-state index contributed by atoms with van der Waals surface area (Å²) in [5, 5.41) is 8.59. The van der Waals surface area contributed by atoms with Gasteiger partial charge in [-0.25, -0.2) is 19.4 Å². The minimum Gasteiger partial charge on any atom is -0.463 e. The van der Waals surface area contributed by atoms with E-state index in [1.807, 2.05) is 60.7 Å². The molecular formula is C40H48N4O9SSi. The molecule has 0 saturated heterocycles. The van der Waals surface area contributed by atoms with E-state index < -0.39 is 73.7 Å². The number of aromatic nitrogens is 1. The maximum atomic E-state index is 13.4. The standard InChI is InChI=1S/C40H48N4O9SSi/c1-25(53-55(40(6,7)8,29-15-11-9-12-16-29)30-17-13-10-14-18-30)33(41)37(48)51-36(47)31(23-50-26(2)45)43-34(46)32-24-54-35(44-32)27-19-21-28(22-20-27)42-38(49)52-39(3,4)5/h9-22,24-25,31,33H,23,41H2,1-8H3,(H,42,49)(H,43,46)/t25-,31-,33-/m0/s1. The number of carbonyl (C=O) groups is 5. The van der Waals surface area contributed by atoms with Crippen molar-refractivity contribution in [3.05, 3.63) is 96.0 Å². The van der Waals surface area contributed by atoms with Crippen LogP contribution in [-0.4, -0.2) is 73.6 Å². The second-order valence-electron chi connectivity index (χ2n) is 14.8. The molecule has 0 unspecified atom stereocenters. The van der Waals surface area contributed by atoms with Crippen LogP contribution in [0.25, 0.3) is 10.6 Å². The number of amides is 2. The number of nitrogens with two attached hydrogens (primary N) is 1. The van der Waals surface area contributed by atoms with Crippen molar-refractivity contribution < 1.29 is 42.6 Å². The number of hydrogen-bond acceptors (Lipinski definition) is 12. The molecule has 3 atom stereocenters. The van der Waals surface area contributed by atoms with Crippen LogP contribution in [0, 0.1) is 0 Å². The molecule has 0 fully saturated rings. The first-order valence-corrected chi connectivity index (χ1v) is 20.4. The van der Waals surface area contributed by atoms with E-state index in [0.717, 1.165) is 17.3 Å². The van der Waals surface area contributed by atoms with E-state index >= 15 is 0 Å². The quantitative estimate of drug-likeness (QED) is 0.0702. The van der Waals surface area contributed by atoms with Gasteiger partial charge in [0.05, 0.1) is 6.10 Å². The molecule has 4 N–H and O–H groups in total. The zero-order valence-corrected chi connectivity index (χ0v) is 34.0. The van der Waals surface area contributed by atoms with E-state index in [1.165, 1.54) is 16.7 Å². The lowest BCUT2D eigenvalue weighted by Crippen LogP contribution is -2.69. The number of rotatable bonds is 13. The first-order chi connectivity index (χ1) is 25.8. The second kappa shape index (κ2) is 17.9. The van der Waals surface area contributed by atoms with E-state index in [0.29, 0.717) is 16.3 Å². The Morgan fingerprint density at radius 2 is 1.40 bits per heavy atom. The average molecular weight is 789 g/mol. The molecule has 15 heteroatoms. The zero-order valence-electron chi connectivity index (χ0n) is 32.2. The first-order valence-electron chi connectivity index (χ1n) is 17.6. The van der Waals surface area contributed by atoms with Gasteiger partial charge in [0.15, 0.2) is 6.04 Å². The highest BCUT2D eigenvalue weighted by atomic mass is 32.1. The summed E-state index contributed by atoms with van der Waals surface area (Å²) in [6.07, 6.45) is -1.51. The molecule has 0 saturated carbocycles. The number of nitrogens with one attached hydrogen (secondary N) is 2. The van der Waals surface area contributed by atoms with Gasteiger partial charge in [0.1, 0.15) is 29.0 Å². The highest BCUT2D eigenvalue weighted by molar-refractivity contribution is 7.13. The maximum Gasteiger partial charge on any atom is 0.412 e. The fourth-order valence-electron chi connectivity index (χ4n) is 5.70. The first kappa shape index (κ1) is 42.5. The van der Waals surface area contributed by atoms with Crippen molar-refractivity contribution in [3.63, 3.8) is 0 Å². The van der Waals surface area contributed by atoms with Gasteiger partial charge in [-0.3, -0.25) is 14.9 Å². The van der Waals surface area contributed by atoms with Gasteiger partial charge in [-0.2, -0.15) is 0 Å². The number of nitrogens with zero attached hydrogens (tertiary/aromatic N) is 1. The third-order valence-corrected chi connectivity index (χ3v) is 14.3. The van der Waals surface area contributed by atoms with Crippen LogP contribution < -0.4 is 26.7 Å². The topological polar surface area (TPSA) is 185 Å². The van der Waals surface area contributed by atoms with Crippen molar-refractivity contribution >= 4 is 65.6 Å². The van der Waals surface area contributed by atoms with Crippen molar-refractivity contribution in [2.45, 2.75) is 84.2 Å². The van der Waals surface area contributed by atoms with Crippen LogP contribution in [0.15, 0.2) is 90.3 Å². The van der Waals surface area contributed by atoms with Gasteiger partial charge in [0.25, 0.3) is 14.2 Å². The summed E-state index contributed by atoms with van der Waals surface area (Å²) in [5.41, 5.74) is 6.87. The van der Waals surface area contributed by atoms with Crippen LogP contribution in [0.2, 0.25) is 5.04 Å². The predicted octanol–water partition coefficient (Wildman–Crippen LogP) is 5.18. The molecule has 0 spiro atoms. The summed E-state index contributed by atoms with van der Waals surface area (Å²) < 4.78 is 22.4. The van der Waals surface area contributed by atoms with Crippen LogP contribution in [-0.2, 0) is 33.0 Å². The molecule has 1 aromatic heterocycles. The molecule has 0 bridgehead atoms. The Kier molecular flexibility index (Phi) is 13.9. The summed E-state index contributed by atoms with van der Waals surface area (Å²) in [6.45, 7) is 13.7. The van der Waals surface area contributed by atoms with E-state index in [-0.39, 0.29) is 5.69 Å². The highest BCUT2D eigenvalue weighted by Crippen LogP contribution is 2.38. The van der Waals surface area contributed by atoms with Crippen LogP contribution in [0.3, 0.4) is 0 Å². The minimum atomic E-state index is -3.12. The zero-order chi connectivity index (χ0) is 40.6. The molecular weight excluding hydrogens is 741 g/mol. The Labute approximate surface area is 326 Å². The fraction of sp³-hybridized carbons (Fsp3) is 0.350. The summed E-state index contributed by atoms with van der Waals surface area (Å²) in [5.74, 6) is -3.77. The maximum absolute atomic E-state index is 13.4. The lowest BCUT2D eigenvalue weighted by Gasteiger charge is -2.45. The van der Waals surface area contributed by atoms with Gasteiger partial charge in [-0.1, -0.05) is 81.4 Å². The molecule has 0 aliphatic rings. The molecule has 0 radical (unpaired) electrons. The van der Waals surface area contributed by atoms with Crippen molar-refractivity contribution in [3.8, 4) is 10.6 Å². The van der Waals surface area contributed by atoms with Gasteiger partial charge < -0.3 is 29.7 Å². The lowest BCUT2D eigenvalue weighted by atomic mass is 10.2. The normalized spacial score (nSPS) is 13.5. The summed E-state index contributed by atoms with van der Waals surface area (Å²) in [4.78, 5) is 68.2. The summed E-state index contributed by atoms with van der Waals surface area (Å²) >= 11 is 1.17. The number of carbonyl (C=O) groups excluding carboxylic acids is 5. The molecule has 3 aromatic carbocycles. The molecule has 55 heavy (non-hydrogen) atoms. The van der Waals surface area contributed by atoms with E-state index in [9.17, 15) is 24.0 Å². The third kappa shape index (κ3) is 11.2. The average Bonchev–Trinajstić information content (AvgIpc) is 3.62. The van der Waals surface area contributed by atoms with E-state index in [4.69, 9.17) is 24.4 Å². The van der Waals surface area contributed by atoms with Crippen LogP contribution in [0.5, 0.6) is 0 Å². The summed E-state index contributed by atoms with van der Waals surface area (Å²) in [6, 6.07) is 23.3.